The van der Waals surface area contributed by atoms with E-state index in [0.717, 1.165) is 0 Å². The van der Waals surface area contributed by atoms with Crippen LogP contribution in [0.25, 0.3) is 0 Å². The quantitative estimate of drug-likeness (QED) is 0.763. The van der Waals surface area contributed by atoms with Crippen LogP contribution in [-0.4, -0.2) is 54.8 Å². The number of amides is 1. The molecule has 8 heteroatoms. The molecule has 0 radical (unpaired) electrons. The molecule has 0 unspecified atom stereocenters. The van der Waals surface area contributed by atoms with Crippen molar-refractivity contribution in [2.45, 2.75) is 5.25 Å². The average molecular weight is 344 g/mol. The fourth-order valence-corrected chi connectivity index (χ4v) is 3.77. The maximum absolute atomic E-state index is 12.6. The zero-order valence-corrected chi connectivity index (χ0v) is 13.4. The van der Waals surface area contributed by atoms with Gasteiger partial charge >= 0.3 is 5.97 Å². The maximum atomic E-state index is 12.6. The van der Waals surface area contributed by atoms with Crippen molar-refractivity contribution < 1.29 is 23.8 Å². The predicted molar refractivity (Wildman–Crippen MR) is 81.7 cm³/mol. The first-order chi connectivity index (χ1) is 10.6. The number of carbonyl (C=O) groups excluding carboxylic acids is 2. The zero-order chi connectivity index (χ0) is 15.7. The summed E-state index contributed by atoms with van der Waals surface area (Å²) in [6, 6.07) is 3.18. The van der Waals surface area contributed by atoms with Gasteiger partial charge in [-0.2, -0.15) is 0 Å². The van der Waals surface area contributed by atoms with E-state index in [1.54, 1.807) is 17.0 Å². The average Bonchev–Trinajstić information content (AvgIpc) is 3.02. The molecular formula is C14H14ClNO5S. The van der Waals surface area contributed by atoms with Gasteiger partial charge in [0.2, 0.25) is 6.79 Å². The van der Waals surface area contributed by atoms with Crippen LogP contribution < -0.4 is 9.47 Å². The van der Waals surface area contributed by atoms with Crippen molar-refractivity contribution in [2.24, 2.45) is 0 Å². The lowest BCUT2D eigenvalue weighted by atomic mass is 10.1. The van der Waals surface area contributed by atoms with Crippen molar-refractivity contribution in [3.05, 3.63) is 22.7 Å². The standard InChI is InChI=1S/C14H14ClNO5S/c1-19-14(18)11-6-16(2-3-22-11)13(17)8-4-9(15)12-10(5-8)20-7-21-12/h4-5,11H,2-3,6-7H2,1H3/t11-/m1/s1. The Morgan fingerprint density at radius 3 is 3.00 bits per heavy atom. The van der Waals surface area contributed by atoms with Gasteiger partial charge in [0, 0.05) is 24.4 Å². The molecule has 2 heterocycles. The van der Waals surface area contributed by atoms with Gasteiger partial charge in [0.05, 0.1) is 12.1 Å². The van der Waals surface area contributed by atoms with E-state index in [-0.39, 0.29) is 23.9 Å². The van der Waals surface area contributed by atoms with Crippen LogP contribution >= 0.6 is 23.4 Å². The second kappa shape index (κ2) is 6.26. The Kier molecular flexibility index (Phi) is 4.35. The van der Waals surface area contributed by atoms with Gasteiger partial charge in [-0.1, -0.05) is 11.6 Å². The number of carbonyl (C=O) groups is 2. The molecule has 1 saturated heterocycles. The summed E-state index contributed by atoms with van der Waals surface area (Å²) in [7, 11) is 1.35. The molecule has 1 atom stereocenters. The van der Waals surface area contributed by atoms with Gasteiger partial charge in [-0.05, 0) is 12.1 Å². The summed E-state index contributed by atoms with van der Waals surface area (Å²) in [4.78, 5) is 25.9. The molecule has 0 saturated carbocycles. The number of nitrogens with zero attached hydrogens (tertiary/aromatic N) is 1. The van der Waals surface area contributed by atoms with E-state index in [1.807, 2.05) is 0 Å². The lowest BCUT2D eigenvalue weighted by Crippen LogP contribution is -2.44. The predicted octanol–water partition coefficient (Wildman–Crippen LogP) is 1.80. The third-order valence-electron chi connectivity index (χ3n) is 3.49. The number of methoxy groups -OCH3 is 1. The van der Waals surface area contributed by atoms with Crippen molar-refractivity contribution in [1.82, 2.24) is 4.90 Å². The molecule has 1 amide bonds. The molecule has 0 N–H and O–H groups in total. The van der Waals surface area contributed by atoms with Crippen LogP contribution in [0.1, 0.15) is 10.4 Å². The van der Waals surface area contributed by atoms with Gasteiger partial charge in [0.1, 0.15) is 5.25 Å². The second-order valence-corrected chi connectivity index (χ2v) is 6.54. The van der Waals surface area contributed by atoms with Crippen LogP contribution in [0.3, 0.4) is 0 Å². The second-order valence-electron chi connectivity index (χ2n) is 4.83. The fraction of sp³-hybridized carbons (Fsp3) is 0.429. The summed E-state index contributed by atoms with van der Waals surface area (Å²) in [6.07, 6.45) is 0. The lowest BCUT2D eigenvalue weighted by Gasteiger charge is -2.31. The first-order valence-electron chi connectivity index (χ1n) is 6.68. The summed E-state index contributed by atoms with van der Waals surface area (Å²) in [5, 5.41) is -0.0126. The Hall–Kier alpha value is -1.60. The maximum Gasteiger partial charge on any atom is 0.320 e. The Bertz CT molecular complexity index is 623. The third kappa shape index (κ3) is 2.83. The highest BCUT2D eigenvalue weighted by Gasteiger charge is 2.31. The molecule has 6 nitrogen and oxygen atoms in total. The number of esters is 1. The van der Waals surface area contributed by atoms with E-state index in [1.165, 1.54) is 18.9 Å². The van der Waals surface area contributed by atoms with Crippen molar-refractivity contribution in [3.8, 4) is 11.5 Å². The Labute approximate surface area is 136 Å². The van der Waals surface area contributed by atoms with Crippen LogP contribution in [0.2, 0.25) is 5.02 Å². The van der Waals surface area contributed by atoms with Crippen molar-refractivity contribution >= 4 is 35.2 Å². The molecule has 3 rings (SSSR count). The minimum atomic E-state index is -0.354. The SMILES string of the molecule is COC(=O)[C@H]1CN(C(=O)c2cc(Cl)c3c(c2)OCO3)CCS1. The fourth-order valence-electron chi connectivity index (χ4n) is 2.38. The zero-order valence-electron chi connectivity index (χ0n) is 11.8. The minimum absolute atomic E-state index is 0.0947. The van der Waals surface area contributed by atoms with Crippen molar-refractivity contribution in [3.63, 3.8) is 0 Å². The molecule has 118 valence electrons. The first-order valence-corrected chi connectivity index (χ1v) is 8.10. The Morgan fingerprint density at radius 2 is 2.23 bits per heavy atom. The van der Waals surface area contributed by atoms with Crippen LogP contribution in [0.4, 0.5) is 0 Å². The number of benzene rings is 1. The number of ether oxygens (including phenoxy) is 3. The molecule has 1 aromatic rings. The van der Waals surface area contributed by atoms with E-state index < -0.39 is 0 Å². The molecule has 0 aliphatic carbocycles. The van der Waals surface area contributed by atoms with E-state index in [0.29, 0.717) is 40.9 Å². The normalized spacial score (nSPS) is 19.9. The van der Waals surface area contributed by atoms with Crippen LogP contribution in [0, 0.1) is 0 Å². The van der Waals surface area contributed by atoms with Gasteiger partial charge in [-0.25, -0.2) is 0 Å². The van der Waals surface area contributed by atoms with Crippen LogP contribution in [0.15, 0.2) is 12.1 Å². The molecule has 2 aliphatic heterocycles. The Balaban J connectivity index is 1.79. The molecule has 2 aliphatic rings. The van der Waals surface area contributed by atoms with Crippen molar-refractivity contribution in [1.29, 1.82) is 0 Å². The highest BCUT2D eigenvalue weighted by molar-refractivity contribution is 8.00. The molecule has 0 spiro atoms. The van der Waals surface area contributed by atoms with Crippen LogP contribution in [-0.2, 0) is 9.53 Å². The van der Waals surface area contributed by atoms with E-state index in [4.69, 9.17) is 25.8 Å². The summed E-state index contributed by atoms with van der Waals surface area (Å²) in [6.45, 7) is 0.989. The van der Waals surface area contributed by atoms with E-state index in [9.17, 15) is 9.59 Å². The number of thioether (sulfide) groups is 1. The molecule has 22 heavy (non-hydrogen) atoms. The van der Waals surface area contributed by atoms with Gasteiger partial charge in [-0.15, -0.1) is 11.8 Å². The molecule has 1 aromatic carbocycles. The number of halogens is 1. The number of fused-ring (bicyclic) bond motifs is 1. The van der Waals surface area contributed by atoms with E-state index >= 15 is 0 Å². The minimum Gasteiger partial charge on any atom is -0.468 e. The highest BCUT2D eigenvalue weighted by Crippen LogP contribution is 2.40. The molecule has 0 aromatic heterocycles. The summed E-state index contributed by atoms with van der Waals surface area (Å²) in [5.41, 5.74) is 0.421. The summed E-state index contributed by atoms with van der Waals surface area (Å²) >= 11 is 7.60. The van der Waals surface area contributed by atoms with Gasteiger partial charge in [0.15, 0.2) is 11.5 Å². The summed E-state index contributed by atoms with van der Waals surface area (Å²) in [5.74, 6) is 1.11. The molecule has 1 fully saturated rings. The smallest absolute Gasteiger partial charge is 0.320 e. The van der Waals surface area contributed by atoms with Gasteiger partial charge in [0.25, 0.3) is 5.91 Å². The largest absolute Gasteiger partial charge is 0.468 e. The molecule has 0 bridgehead atoms. The first kappa shape index (κ1) is 15.3. The van der Waals surface area contributed by atoms with E-state index in [2.05, 4.69) is 0 Å². The Morgan fingerprint density at radius 1 is 1.41 bits per heavy atom. The molecular weight excluding hydrogens is 330 g/mol. The number of rotatable bonds is 2. The summed E-state index contributed by atoms with van der Waals surface area (Å²) < 4.78 is 15.3. The van der Waals surface area contributed by atoms with Gasteiger partial charge < -0.3 is 19.1 Å². The number of hydrogen-bond acceptors (Lipinski definition) is 6. The lowest BCUT2D eigenvalue weighted by molar-refractivity contribution is -0.140. The van der Waals surface area contributed by atoms with Crippen LogP contribution in [0.5, 0.6) is 11.5 Å². The monoisotopic (exact) mass is 343 g/mol. The number of hydrogen-bond donors (Lipinski definition) is 0. The topological polar surface area (TPSA) is 65.1 Å². The van der Waals surface area contributed by atoms with Gasteiger partial charge in [-0.3, -0.25) is 9.59 Å². The third-order valence-corrected chi connectivity index (χ3v) is 4.93. The highest BCUT2D eigenvalue weighted by atomic mass is 35.5. The van der Waals surface area contributed by atoms with Crippen molar-refractivity contribution in [2.75, 3.05) is 32.7 Å².